The number of primary amides is 1. The zero-order valence-corrected chi connectivity index (χ0v) is 14.6. The first-order valence-corrected chi connectivity index (χ1v) is 8.72. The van der Waals surface area contributed by atoms with Crippen LogP contribution in [-0.2, 0) is 6.54 Å². The SMILES string of the molecule is NC(=O)c1cccc(C(=O)N2CCCN(Cc3ccc(O)cc3)CC2)c1. The molecule has 0 spiro atoms. The average Bonchev–Trinajstić information content (AvgIpc) is 2.89. The number of nitrogens with zero attached hydrogens (tertiary/aromatic N) is 2. The van der Waals surface area contributed by atoms with Crippen molar-refractivity contribution in [2.24, 2.45) is 5.73 Å². The number of nitrogens with two attached hydrogens (primary N) is 1. The first-order valence-electron chi connectivity index (χ1n) is 8.72. The Hall–Kier alpha value is -2.86. The molecule has 26 heavy (non-hydrogen) atoms. The molecule has 0 aliphatic carbocycles. The molecule has 0 radical (unpaired) electrons. The van der Waals surface area contributed by atoms with Crippen molar-refractivity contribution in [3.63, 3.8) is 0 Å². The van der Waals surface area contributed by atoms with Gasteiger partial charge in [0, 0.05) is 43.9 Å². The molecule has 2 amide bonds. The minimum atomic E-state index is -0.532. The standard InChI is InChI=1S/C20H23N3O3/c21-19(25)16-3-1-4-17(13-16)20(26)23-10-2-9-22(11-12-23)14-15-5-7-18(24)8-6-15/h1,3-8,13,24H,2,9-12,14H2,(H2,21,25). The summed E-state index contributed by atoms with van der Waals surface area (Å²) in [6.07, 6.45) is 0.888. The highest BCUT2D eigenvalue weighted by Crippen LogP contribution is 2.15. The maximum atomic E-state index is 12.8. The second kappa shape index (κ2) is 8.01. The van der Waals surface area contributed by atoms with Gasteiger partial charge in [0.05, 0.1) is 0 Å². The Morgan fingerprint density at radius 3 is 2.42 bits per heavy atom. The van der Waals surface area contributed by atoms with E-state index in [9.17, 15) is 14.7 Å². The molecule has 6 nitrogen and oxygen atoms in total. The van der Waals surface area contributed by atoms with Crippen LogP contribution in [0.15, 0.2) is 48.5 Å². The van der Waals surface area contributed by atoms with Crippen molar-refractivity contribution < 1.29 is 14.7 Å². The lowest BCUT2D eigenvalue weighted by Crippen LogP contribution is -2.35. The second-order valence-electron chi connectivity index (χ2n) is 6.53. The van der Waals surface area contributed by atoms with Gasteiger partial charge in [0.25, 0.3) is 5.91 Å². The maximum absolute atomic E-state index is 12.8. The third kappa shape index (κ3) is 4.40. The topological polar surface area (TPSA) is 86.9 Å². The van der Waals surface area contributed by atoms with Crippen LogP contribution >= 0.6 is 0 Å². The van der Waals surface area contributed by atoms with E-state index >= 15 is 0 Å². The van der Waals surface area contributed by atoms with E-state index in [1.54, 1.807) is 36.4 Å². The predicted molar refractivity (Wildman–Crippen MR) is 98.9 cm³/mol. The van der Waals surface area contributed by atoms with Gasteiger partial charge in [0.2, 0.25) is 5.91 Å². The Labute approximate surface area is 152 Å². The normalized spacial score (nSPS) is 15.5. The molecule has 0 saturated carbocycles. The molecule has 1 aliphatic rings. The van der Waals surface area contributed by atoms with Crippen molar-refractivity contribution >= 4 is 11.8 Å². The number of rotatable bonds is 4. The van der Waals surface area contributed by atoms with E-state index in [2.05, 4.69) is 4.90 Å². The predicted octanol–water partition coefficient (Wildman–Crippen LogP) is 1.84. The Balaban J connectivity index is 1.62. The van der Waals surface area contributed by atoms with Crippen LogP contribution in [0.4, 0.5) is 0 Å². The summed E-state index contributed by atoms with van der Waals surface area (Å²) in [6.45, 7) is 3.80. The summed E-state index contributed by atoms with van der Waals surface area (Å²) in [4.78, 5) is 28.2. The van der Waals surface area contributed by atoms with E-state index in [-0.39, 0.29) is 11.7 Å². The number of amides is 2. The number of carbonyl (C=O) groups is 2. The summed E-state index contributed by atoms with van der Waals surface area (Å²) in [7, 11) is 0. The number of benzene rings is 2. The summed E-state index contributed by atoms with van der Waals surface area (Å²) < 4.78 is 0. The van der Waals surface area contributed by atoms with Gasteiger partial charge in [-0.1, -0.05) is 18.2 Å². The third-order valence-electron chi connectivity index (χ3n) is 4.61. The van der Waals surface area contributed by atoms with Crippen LogP contribution in [0.2, 0.25) is 0 Å². The molecule has 2 aromatic rings. The van der Waals surface area contributed by atoms with E-state index in [1.807, 2.05) is 17.0 Å². The monoisotopic (exact) mass is 353 g/mol. The lowest BCUT2D eigenvalue weighted by molar-refractivity contribution is 0.0761. The number of carbonyl (C=O) groups excluding carboxylic acids is 2. The van der Waals surface area contributed by atoms with Gasteiger partial charge in [-0.15, -0.1) is 0 Å². The zero-order chi connectivity index (χ0) is 18.5. The molecule has 2 aromatic carbocycles. The molecule has 6 heteroatoms. The van der Waals surface area contributed by atoms with Crippen LogP contribution in [0.3, 0.4) is 0 Å². The van der Waals surface area contributed by atoms with E-state index in [0.29, 0.717) is 24.2 Å². The summed E-state index contributed by atoms with van der Waals surface area (Å²) in [5.41, 5.74) is 7.28. The zero-order valence-electron chi connectivity index (χ0n) is 14.6. The van der Waals surface area contributed by atoms with Crippen molar-refractivity contribution in [2.75, 3.05) is 26.2 Å². The summed E-state index contributed by atoms with van der Waals surface area (Å²) in [5.74, 6) is -0.338. The quantitative estimate of drug-likeness (QED) is 0.878. The Morgan fingerprint density at radius 1 is 0.962 bits per heavy atom. The fraction of sp³-hybridized carbons (Fsp3) is 0.300. The number of hydrogen-bond donors (Lipinski definition) is 2. The van der Waals surface area contributed by atoms with Crippen molar-refractivity contribution in [1.29, 1.82) is 0 Å². The first-order chi connectivity index (χ1) is 12.5. The molecule has 1 saturated heterocycles. The molecule has 0 aromatic heterocycles. The summed E-state index contributed by atoms with van der Waals surface area (Å²) >= 11 is 0. The van der Waals surface area contributed by atoms with Crippen LogP contribution in [-0.4, -0.2) is 52.9 Å². The smallest absolute Gasteiger partial charge is 0.253 e. The highest BCUT2D eigenvalue weighted by atomic mass is 16.3. The minimum absolute atomic E-state index is 0.0698. The fourth-order valence-electron chi connectivity index (χ4n) is 3.18. The Kier molecular flexibility index (Phi) is 5.53. The maximum Gasteiger partial charge on any atom is 0.253 e. The highest BCUT2D eigenvalue weighted by molar-refractivity contribution is 5.99. The van der Waals surface area contributed by atoms with Crippen LogP contribution in [0.5, 0.6) is 5.75 Å². The van der Waals surface area contributed by atoms with Gasteiger partial charge < -0.3 is 15.7 Å². The third-order valence-corrected chi connectivity index (χ3v) is 4.61. The molecular weight excluding hydrogens is 330 g/mol. The minimum Gasteiger partial charge on any atom is -0.508 e. The van der Waals surface area contributed by atoms with E-state index in [0.717, 1.165) is 31.6 Å². The Morgan fingerprint density at radius 2 is 1.69 bits per heavy atom. The van der Waals surface area contributed by atoms with Gasteiger partial charge in [-0.2, -0.15) is 0 Å². The van der Waals surface area contributed by atoms with Gasteiger partial charge in [-0.05, 0) is 42.3 Å². The van der Waals surface area contributed by atoms with Gasteiger partial charge in [0.15, 0.2) is 0 Å². The van der Waals surface area contributed by atoms with Gasteiger partial charge in [-0.3, -0.25) is 14.5 Å². The van der Waals surface area contributed by atoms with Gasteiger partial charge in [0.1, 0.15) is 5.75 Å². The lowest BCUT2D eigenvalue weighted by atomic mass is 10.1. The van der Waals surface area contributed by atoms with Crippen LogP contribution in [0, 0.1) is 0 Å². The molecular formula is C20H23N3O3. The molecule has 0 bridgehead atoms. The molecule has 3 rings (SSSR count). The second-order valence-corrected chi connectivity index (χ2v) is 6.53. The van der Waals surface area contributed by atoms with Crippen molar-refractivity contribution in [2.45, 2.75) is 13.0 Å². The first kappa shape index (κ1) is 17.9. The number of aromatic hydroxyl groups is 1. The van der Waals surface area contributed by atoms with E-state index < -0.39 is 5.91 Å². The van der Waals surface area contributed by atoms with Crippen molar-refractivity contribution in [3.8, 4) is 5.75 Å². The summed E-state index contributed by atoms with van der Waals surface area (Å²) in [6, 6.07) is 13.8. The van der Waals surface area contributed by atoms with E-state index in [1.165, 1.54) is 0 Å². The largest absolute Gasteiger partial charge is 0.508 e. The van der Waals surface area contributed by atoms with Crippen LogP contribution < -0.4 is 5.73 Å². The molecule has 1 aliphatic heterocycles. The molecule has 136 valence electrons. The van der Waals surface area contributed by atoms with Gasteiger partial charge >= 0.3 is 0 Å². The van der Waals surface area contributed by atoms with Crippen molar-refractivity contribution in [3.05, 3.63) is 65.2 Å². The Bertz CT molecular complexity index is 789. The molecule has 1 fully saturated rings. The summed E-state index contributed by atoms with van der Waals surface area (Å²) in [5, 5.41) is 9.38. The van der Waals surface area contributed by atoms with Crippen LogP contribution in [0.1, 0.15) is 32.7 Å². The molecule has 0 unspecified atom stereocenters. The van der Waals surface area contributed by atoms with Gasteiger partial charge in [-0.25, -0.2) is 0 Å². The lowest BCUT2D eigenvalue weighted by Gasteiger charge is -2.22. The van der Waals surface area contributed by atoms with E-state index in [4.69, 9.17) is 5.73 Å². The molecule has 0 atom stereocenters. The number of phenols is 1. The van der Waals surface area contributed by atoms with Crippen molar-refractivity contribution in [1.82, 2.24) is 9.80 Å². The molecule has 3 N–H and O–H groups in total. The highest BCUT2D eigenvalue weighted by Gasteiger charge is 2.21. The average molecular weight is 353 g/mol. The fourth-order valence-corrected chi connectivity index (χ4v) is 3.18. The van der Waals surface area contributed by atoms with Crippen LogP contribution in [0.25, 0.3) is 0 Å². The number of phenolic OH excluding ortho intramolecular Hbond substituents is 1. The molecule has 1 heterocycles. The number of hydrogen-bond acceptors (Lipinski definition) is 4.